The van der Waals surface area contributed by atoms with Gasteiger partial charge in [-0.3, -0.25) is 5.41 Å². The molecule has 0 saturated heterocycles. The van der Waals surface area contributed by atoms with Crippen molar-refractivity contribution in [1.29, 1.82) is 5.41 Å². The van der Waals surface area contributed by atoms with E-state index in [-0.39, 0.29) is 11.9 Å². The second kappa shape index (κ2) is 10.9. The van der Waals surface area contributed by atoms with Crippen molar-refractivity contribution in [1.82, 2.24) is 0 Å². The number of hydrogen-bond donors (Lipinski definition) is 2. The number of rotatable bonds is 11. The molecule has 0 aliphatic rings. The van der Waals surface area contributed by atoms with Gasteiger partial charge in [-0.15, -0.1) is 0 Å². The van der Waals surface area contributed by atoms with Crippen LogP contribution in [0.4, 0.5) is 0 Å². The van der Waals surface area contributed by atoms with Crippen LogP contribution in [0.2, 0.25) is 0 Å². The van der Waals surface area contributed by atoms with Crippen LogP contribution in [0.25, 0.3) is 0 Å². The Hall–Kier alpha value is -0.570. The fraction of sp³-hybridized carbons (Fsp3) is 0.923. The Morgan fingerprint density at radius 3 is 2.31 bits per heavy atom. The van der Waals surface area contributed by atoms with E-state index < -0.39 is 0 Å². The Kier molecular flexibility index (Phi) is 10.5. The van der Waals surface area contributed by atoms with Gasteiger partial charge in [-0.1, -0.05) is 46.0 Å². The standard InChI is InChI=1S/C13H28N2O/c1-3-5-6-7-8-9-10-16-12(4-2)11-13(14)15/h12H,3-11H2,1-2H3,(H3,14,15). The largest absolute Gasteiger partial charge is 0.388 e. The highest BCUT2D eigenvalue weighted by atomic mass is 16.5. The van der Waals surface area contributed by atoms with Crippen molar-refractivity contribution in [2.24, 2.45) is 5.73 Å². The zero-order valence-corrected chi connectivity index (χ0v) is 10.9. The van der Waals surface area contributed by atoms with Gasteiger partial charge in [0.2, 0.25) is 0 Å². The van der Waals surface area contributed by atoms with Crippen LogP contribution in [0, 0.1) is 5.41 Å². The third-order valence-electron chi connectivity index (χ3n) is 2.75. The first kappa shape index (κ1) is 15.4. The first-order valence-corrected chi connectivity index (χ1v) is 6.65. The van der Waals surface area contributed by atoms with E-state index in [0.29, 0.717) is 6.42 Å². The van der Waals surface area contributed by atoms with Gasteiger partial charge in [-0.25, -0.2) is 0 Å². The lowest BCUT2D eigenvalue weighted by Crippen LogP contribution is -2.22. The lowest BCUT2D eigenvalue weighted by atomic mass is 10.1. The molecule has 1 atom stereocenters. The normalized spacial score (nSPS) is 12.6. The third kappa shape index (κ3) is 9.97. The maximum atomic E-state index is 7.22. The Balaban J connectivity index is 3.31. The minimum absolute atomic E-state index is 0.146. The van der Waals surface area contributed by atoms with Crippen molar-refractivity contribution >= 4 is 5.84 Å². The van der Waals surface area contributed by atoms with Gasteiger partial charge >= 0.3 is 0 Å². The van der Waals surface area contributed by atoms with Crippen molar-refractivity contribution < 1.29 is 4.74 Å². The highest BCUT2D eigenvalue weighted by Gasteiger charge is 2.07. The average molecular weight is 228 g/mol. The van der Waals surface area contributed by atoms with Crippen molar-refractivity contribution in [3.05, 3.63) is 0 Å². The third-order valence-corrected chi connectivity index (χ3v) is 2.75. The molecule has 0 aliphatic carbocycles. The predicted molar refractivity (Wildman–Crippen MR) is 69.9 cm³/mol. The number of nitrogens with one attached hydrogen (secondary N) is 1. The molecule has 0 rings (SSSR count). The first-order chi connectivity index (χ1) is 7.70. The second-order valence-electron chi connectivity index (χ2n) is 4.40. The molecule has 0 bridgehead atoms. The van der Waals surface area contributed by atoms with Gasteiger partial charge in [0.05, 0.1) is 11.9 Å². The Morgan fingerprint density at radius 2 is 1.75 bits per heavy atom. The zero-order chi connectivity index (χ0) is 12.2. The summed E-state index contributed by atoms with van der Waals surface area (Å²) in [7, 11) is 0. The van der Waals surface area contributed by atoms with Gasteiger partial charge < -0.3 is 10.5 Å². The van der Waals surface area contributed by atoms with E-state index in [9.17, 15) is 0 Å². The molecule has 16 heavy (non-hydrogen) atoms. The summed E-state index contributed by atoms with van der Waals surface area (Å²) in [4.78, 5) is 0. The molecule has 3 N–H and O–H groups in total. The minimum Gasteiger partial charge on any atom is -0.388 e. The number of unbranched alkanes of at least 4 members (excludes halogenated alkanes) is 5. The molecule has 0 fully saturated rings. The molecule has 96 valence electrons. The summed E-state index contributed by atoms with van der Waals surface area (Å²) in [6.07, 6.45) is 9.38. The minimum atomic E-state index is 0.146. The highest BCUT2D eigenvalue weighted by Crippen LogP contribution is 2.08. The number of ether oxygens (including phenoxy) is 1. The van der Waals surface area contributed by atoms with Crippen LogP contribution in [0.15, 0.2) is 0 Å². The monoisotopic (exact) mass is 228 g/mol. The van der Waals surface area contributed by atoms with Gasteiger partial charge in [0.1, 0.15) is 0 Å². The molecule has 0 spiro atoms. The molecular formula is C13H28N2O. The topological polar surface area (TPSA) is 59.1 Å². The van der Waals surface area contributed by atoms with Crippen LogP contribution in [0.5, 0.6) is 0 Å². The SMILES string of the molecule is CCCCCCCCOC(CC)CC(=N)N. The molecule has 0 aromatic rings. The molecule has 1 unspecified atom stereocenters. The summed E-state index contributed by atoms with van der Waals surface area (Å²) in [5, 5.41) is 7.22. The smallest absolute Gasteiger partial charge is 0.0931 e. The van der Waals surface area contributed by atoms with Gasteiger partial charge in [-0.05, 0) is 12.8 Å². The quantitative estimate of drug-likeness (QED) is 0.323. The summed E-state index contributed by atoms with van der Waals surface area (Å²) < 4.78 is 5.69. The Morgan fingerprint density at radius 1 is 1.12 bits per heavy atom. The van der Waals surface area contributed by atoms with Crippen LogP contribution in [-0.4, -0.2) is 18.5 Å². The highest BCUT2D eigenvalue weighted by molar-refractivity contribution is 5.77. The number of hydrogen-bond acceptors (Lipinski definition) is 2. The molecular weight excluding hydrogens is 200 g/mol. The molecule has 0 saturated carbocycles. The molecule has 0 radical (unpaired) electrons. The van der Waals surface area contributed by atoms with Crippen LogP contribution >= 0.6 is 0 Å². The molecule has 0 amide bonds. The molecule has 0 aromatic carbocycles. The van der Waals surface area contributed by atoms with E-state index >= 15 is 0 Å². The summed E-state index contributed by atoms with van der Waals surface area (Å²) in [6.45, 7) is 5.13. The maximum absolute atomic E-state index is 7.22. The fourth-order valence-corrected chi connectivity index (χ4v) is 1.70. The summed E-state index contributed by atoms with van der Waals surface area (Å²) >= 11 is 0. The lowest BCUT2D eigenvalue weighted by Gasteiger charge is -2.15. The van der Waals surface area contributed by atoms with E-state index in [4.69, 9.17) is 15.9 Å². The lowest BCUT2D eigenvalue weighted by molar-refractivity contribution is 0.0527. The number of nitrogens with two attached hydrogens (primary N) is 1. The molecule has 0 aliphatic heterocycles. The fourth-order valence-electron chi connectivity index (χ4n) is 1.70. The van der Waals surface area contributed by atoms with E-state index in [2.05, 4.69) is 13.8 Å². The van der Waals surface area contributed by atoms with Crippen LogP contribution in [0.1, 0.15) is 65.2 Å². The van der Waals surface area contributed by atoms with Crippen LogP contribution in [-0.2, 0) is 4.74 Å². The van der Waals surface area contributed by atoms with Crippen LogP contribution in [0.3, 0.4) is 0 Å². The van der Waals surface area contributed by atoms with E-state index in [1.807, 2.05) is 0 Å². The second-order valence-corrected chi connectivity index (χ2v) is 4.40. The van der Waals surface area contributed by atoms with Crippen molar-refractivity contribution in [3.63, 3.8) is 0 Å². The van der Waals surface area contributed by atoms with Gasteiger partial charge in [0.25, 0.3) is 0 Å². The van der Waals surface area contributed by atoms with E-state index in [1.54, 1.807) is 0 Å². The van der Waals surface area contributed by atoms with Gasteiger partial charge in [0, 0.05) is 13.0 Å². The molecule has 0 heterocycles. The average Bonchev–Trinajstić information content (AvgIpc) is 2.25. The maximum Gasteiger partial charge on any atom is 0.0931 e. The molecule has 3 heteroatoms. The van der Waals surface area contributed by atoms with Crippen LogP contribution < -0.4 is 5.73 Å². The Bertz CT molecular complexity index is 171. The summed E-state index contributed by atoms with van der Waals surface area (Å²) in [5.74, 6) is 0.231. The molecule has 3 nitrogen and oxygen atoms in total. The van der Waals surface area contributed by atoms with Crippen molar-refractivity contribution in [3.8, 4) is 0 Å². The summed E-state index contributed by atoms with van der Waals surface area (Å²) in [5.41, 5.74) is 5.36. The van der Waals surface area contributed by atoms with Gasteiger partial charge in [0.15, 0.2) is 0 Å². The first-order valence-electron chi connectivity index (χ1n) is 6.65. The van der Waals surface area contributed by atoms with Crippen molar-refractivity contribution in [2.75, 3.05) is 6.61 Å². The molecule has 0 aromatic heterocycles. The van der Waals surface area contributed by atoms with Crippen molar-refractivity contribution in [2.45, 2.75) is 71.3 Å². The zero-order valence-electron chi connectivity index (χ0n) is 10.9. The number of amidine groups is 1. The predicted octanol–water partition coefficient (Wildman–Crippen LogP) is 3.47. The Labute approximate surface area is 100 Å². The van der Waals surface area contributed by atoms with E-state index in [1.165, 1.54) is 32.1 Å². The van der Waals surface area contributed by atoms with E-state index in [0.717, 1.165) is 19.4 Å². The summed E-state index contributed by atoms with van der Waals surface area (Å²) in [6, 6.07) is 0. The van der Waals surface area contributed by atoms with Gasteiger partial charge in [-0.2, -0.15) is 0 Å².